The minimum Gasteiger partial charge on any atom is -0.383 e. The molecule has 0 bridgehead atoms. The van der Waals surface area contributed by atoms with E-state index in [9.17, 15) is 0 Å². The number of anilines is 1. The number of nitrogens with one attached hydrogen (secondary N) is 1. The first kappa shape index (κ1) is 13.4. The van der Waals surface area contributed by atoms with Crippen LogP contribution in [0, 0.1) is 12.8 Å². The Morgan fingerprint density at radius 3 is 2.94 bits per heavy atom. The first-order valence-electron chi connectivity index (χ1n) is 6.92. The SMILES string of the molecule is COCC(C)Nc1nc(C)cn1C1CCCC1C. The molecule has 1 saturated carbocycles. The number of rotatable bonds is 5. The van der Waals surface area contributed by atoms with Gasteiger partial charge >= 0.3 is 0 Å². The minimum atomic E-state index is 0.284. The molecule has 0 saturated heterocycles. The largest absolute Gasteiger partial charge is 0.383 e. The van der Waals surface area contributed by atoms with Gasteiger partial charge in [0.25, 0.3) is 0 Å². The van der Waals surface area contributed by atoms with Crippen LogP contribution in [0.15, 0.2) is 6.20 Å². The van der Waals surface area contributed by atoms with Crippen LogP contribution in [0.2, 0.25) is 0 Å². The quantitative estimate of drug-likeness (QED) is 0.874. The molecule has 0 spiro atoms. The van der Waals surface area contributed by atoms with Gasteiger partial charge < -0.3 is 14.6 Å². The Morgan fingerprint density at radius 2 is 2.33 bits per heavy atom. The summed E-state index contributed by atoms with van der Waals surface area (Å²) in [5.74, 6) is 1.74. The van der Waals surface area contributed by atoms with Crippen molar-refractivity contribution in [2.45, 2.75) is 52.1 Å². The fraction of sp³-hybridized carbons (Fsp3) is 0.786. The Hall–Kier alpha value is -1.03. The number of nitrogens with zero attached hydrogens (tertiary/aromatic N) is 2. The van der Waals surface area contributed by atoms with Crippen LogP contribution in [0.3, 0.4) is 0 Å². The van der Waals surface area contributed by atoms with Crippen LogP contribution in [0.1, 0.15) is 44.8 Å². The average molecular weight is 251 g/mol. The molecule has 4 nitrogen and oxygen atoms in total. The van der Waals surface area contributed by atoms with Crippen LogP contribution in [0.5, 0.6) is 0 Å². The second-order valence-corrected chi connectivity index (χ2v) is 5.59. The van der Waals surface area contributed by atoms with Crippen LogP contribution >= 0.6 is 0 Å². The minimum absolute atomic E-state index is 0.284. The smallest absolute Gasteiger partial charge is 0.203 e. The zero-order valence-corrected chi connectivity index (χ0v) is 11.9. The van der Waals surface area contributed by atoms with E-state index in [0.717, 1.165) is 17.6 Å². The van der Waals surface area contributed by atoms with E-state index in [2.05, 4.69) is 41.8 Å². The van der Waals surface area contributed by atoms with Gasteiger partial charge in [-0.1, -0.05) is 13.3 Å². The number of methoxy groups -OCH3 is 1. The van der Waals surface area contributed by atoms with E-state index >= 15 is 0 Å². The molecular weight excluding hydrogens is 226 g/mol. The molecule has 1 aliphatic rings. The molecule has 3 unspecified atom stereocenters. The molecule has 1 N–H and O–H groups in total. The third kappa shape index (κ3) is 2.86. The molecule has 1 aromatic rings. The molecule has 3 atom stereocenters. The van der Waals surface area contributed by atoms with Gasteiger partial charge in [0, 0.05) is 25.4 Å². The lowest BCUT2D eigenvalue weighted by atomic mass is 10.1. The Bertz CT molecular complexity index is 388. The van der Waals surface area contributed by atoms with Crippen molar-refractivity contribution < 1.29 is 4.74 Å². The zero-order chi connectivity index (χ0) is 13.1. The topological polar surface area (TPSA) is 39.1 Å². The summed E-state index contributed by atoms with van der Waals surface area (Å²) in [6, 6.07) is 0.885. The summed E-state index contributed by atoms with van der Waals surface area (Å²) in [6.07, 6.45) is 6.10. The van der Waals surface area contributed by atoms with E-state index in [-0.39, 0.29) is 6.04 Å². The average Bonchev–Trinajstić information content (AvgIpc) is 2.85. The molecule has 1 aliphatic carbocycles. The predicted molar refractivity (Wildman–Crippen MR) is 74.0 cm³/mol. The maximum absolute atomic E-state index is 5.17. The normalized spacial score (nSPS) is 25.3. The van der Waals surface area contributed by atoms with E-state index in [4.69, 9.17) is 4.74 Å². The molecule has 0 amide bonds. The Morgan fingerprint density at radius 1 is 1.56 bits per heavy atom. The van der Waals surface area contributed by atoms with Crippen molar-refractivity contribution in [1.82, 2.24) is 9.55 Å². The maximum atomic E-state index is 5.17. The van der Waals surface area contributed by atoms with E-state index in [1.165, 1.54) is 19.3 Å². The van der Waals surface area contributed by atoms with Crippen LogP contribution in [-0.2, 0) is 4.74 Å². The summed E-state index contributed by atoms with van der Waals surface area (Å²) in [5.41, 5.74) is 1.08. The Kier molecular flexibility index (Phi) is 4.27. The van der Waals surface area contributed by atoms with Crippen molar-refractivity contribution in [3.05, 3.63) is 11.9 Å². The number of aromatic nitrogens is 2. The number of hydrogen-bond donors (Lipinski definition) is 1. The van der Waals surface area contributed by atoms with Crippen LogP contribution in [0.4, 0.5) is 5.95 Å². The van der Waals surface area contributed by atoms with Crippen LogP contribution in [0.25, 0.3) is 0 Å². The van der Waals surface area contributed by atoms with E-state index in [1.807, 2.05) is 0 Å². The third-order valence-corrected chi connectivity index (χ3v) is 3.82. The summed E-state index contributed by atoms with van der Waals surface area (Å²) in [6.45, 7) is 7.22. The lowest BCUT2D eigenvalue weighted by Gasteiger charge is -2.22. The lowest BCUT2D eigenvalue weighted by Crippen LogP contribution is -2.24. The summed E-state index contributed by atoms with van der Waals surface area (Å²) in [5, 5.41) is 3.46. The highest BCUT2D eigenvalue weighted by Crippen LogP contribution is 2.37. The van der Waals surface area contributed by atoms with Crippen molar-refractivity contribution in [3.8, 4) is 0 Å². The molecule has 2 rings (SSSR count). The second-order valence-electron chi connectivity index (χ2n) is 5.59. The zero-order valence-electron chi connectivity index (χ0n) is 11.9. The van der Waals surface area contributed by atoms with E-state index in [0.29, 0.717) is 12.6 Å². The number of aryl methyl sites for hydroxylation is 1. The Labute approximate surface area is 110 Å². The molecular formula is C14H25N3O. The van der Waals surface area contributed by atoms with Gasteiger partial charge in [-0.15, -0.1) is 0 Å². The predicted octanol–water partition coefficient (Wildman–Crippen LogP) is 3.00. The van der Waals surface area contributed by atoms with Crippen molar-refractivity contribution in [2.24, 2.45) is 5.92 Å². The monoisotopic (exact) mass is 251 g/mol. The van der Waals surface area contributed by atoms with E-state index in [1.54, 1.807) is 7.11 Å². The standard InChI is InChI=1S/C14H25N3O/c1-10-6-5-7-13(10)17-8-11(2)15-14(17)16-12(3)9-18-4/h8,10,12-13H,5-7,9H2,1-4H3,(H,15,16). The summed E-state index contributed by atoms with van der Waals surface area (Å²) in [7, 11) is 1.73. The van der Waals surface area contributed by atoms with Gasteiger partial charge in [0.2, 0.25) is 5.95 Å². The molecule has 0 aliphatic heterocycles. The van der Waals surface area contributed by atoms with Crippen LogP contribution < -0.4 is 5.32 Å². The third-order valence-electron chi connectivity index (χ3n) is 3.82. The fourth-order valence-corrected chi connectivity index (χ4v) is 2.93. The number of ether oxygens (including phenoxy) is 1. The van der Waals surface area contributed by atoms with Gasteiger partial charge in [0.15, 0.2) is 0 Å². The van der Waals surface area contributed by atoms with Gasteiger partial charge in [-0.05, 0) is 32.6 Å². The molecule has 18 heavy (non-hydrogen) atoms. The maximum Gasteiger partial charge on any atom is 0.203 e. The molecule has 0 aromatic carbocycles. The molecule has 4 heteroatoms. The molecule has 1 aromatic heterocycles. The van der Waals surface area contributed by atoms with E-state index < -0.39 is 0 Å². The van der Waals surface area contributed by atoms with Crippen molar-refractivity contribution in [1.29, 1.82) is 0 Å². The van der Waals surface area contributed by atoms with Gasteiger partial charge in [-0.25, -0.2) is 4.98 Å². The molecule has 102 valence electrons. The summed E-state index contributed by atoms with van der Waals surface area (Å²) >= 11 is 0. The van der Waals surface area contributed by atoms with Crippen molar-refractivity contribution in [2.75, 3.05) is 19.0 Å². The molecule has 1 heterocycles. The van der Waals surface area contributed by atoms with Crippen molar-refractivity contribution >= 4 is 5.95 Å². The Balaban J connectivity index is 2.14. The second kappa shape index (κ2) is 5.74. The van der Waals surface area contributed by atoms with Gasteiger partial charge in [0.1, 0.15) is 0 Å². The highest BCUT2D eigenvalue weighted by Gasteiger charge is 2.27. The summed E-state index contributed by atoms with van der Waals surface area (Å²) in [4.78, 5) is 4.61. The van der Waals surface area contributed by atoms with Gasteiger partial charge in [-0.3, -0.25) is 0 Å². The summed E-state index contributed by atoms with van der Waals surface area (Å²) < 4.78 is 7.50. The number of hydrogen-bond acceptors (Lipinski definition) is 3. The highest BCUT2D eigenvalue weighted by atomic mass is 16.5. The first-order valence-corrected chi connectivity index (χ1v) is 6.92. The number of imidazole rings is 1. The molecule has 1 fully saturated rings. The van der Waals surface area contributed by atoms with Crippen molar-refractivity contribution in [3.63, 3.8) is 0 Å². The lowest BCUT2D eigenvalue weighted by molar-refractivity contribution is 0.190. The molecule has 0 radical (unpaired) electrons. The van der Waals surface area contributed by atoms with Gasteiger partial charge in [-0.2, -0.15) is 0 Å². The highest BCUT2D eigenvalue weighted by molar-refractivity contribution is 5.31. The van der Waals surface area contributed by atoms with Gasteiger partial charge in [0.05, 0.1) is 12.3 Å². The first-order chi connectivity index (χ1) is 8.61. The van der Waals surface area contributed by atoms with Crippen LogP contribution in [-0.4, -0.2) is 29.3 Å². The fourth-order valence-electron chi connectivity index (χ4n) is 2.93.